The molecule has 1 aliphatic rings. The summed E-state index contributed by atoms with van der Waals surface area (Å²) < 4.78 is 0. The van der Waals surface area contributed by atoms with Crippen LogP contribution in [0, 0.1) is 11.8 Å². The molecule has 0 aromatic heterocycles. The molecule has 11 heavy (non-hydrogen) atoms. The molecular weight excluding hydrogens is 138 g/mol. The lowest BCUT2D eigenvalue weighted by Crippen LogP contribution is -2.22. The summed E-state index contributed by atoms with van der Waals surface area (Å²) in [5.41, 5.74) is 0. The van der Waals surface area contributed by atoms with Crippen LogP contribution < -0.4 is 0 Å². The van der Waals surface area contributed by atoms with Gasteiger partial charge < -0.3 is 5.11 Å². The molecule has 0 saturated carbocycles. The monoisotopic (exact) mass is 153 g/mol. The lowest BCUT2D eigenvalue weighted by molar-refractivity contribution is 0.177. The largest absolute Gasteiger partial charge is 0.392 e. The number of aliphatic hydroxyl groups excluding tert-OH is 1. The maximum Gasteiger partial charge on any atom is 0.0679 e. The van der Waals surface area contributed by atoms with Gasteiger partial charge >= 0.3 is 0 Å². The first-order valence-electron chi connectivity index (χ1n) is 4.13. The summed E-state index contributed by atoms with van der Waals surface area (Å²) in [6.45, 7) is 4.74. The van der Waals surface area contributed by atoms with Gasteiger partial charge in [-0.15, -0.1) is 11.8 Å². The number of β-amino-alcohol motifs (C(OH)–C–C–N with tert-alkyl or cyclic N) is 1. The van der Waals surface area contributed by atoms with Crippen molar-refractivity contribution < 1.29 is 5.11 Å². The highest BCUT2D eigenvalue weighted by atomic mass is 16.3. The number of hydrogen-bond acceptors (Lipinski definition) is 2. The average Bonchev–Trinajstić information content (AvgIpc) is 2.37. The number of nitrogens with zero attached hydrogens (tertiary/aromatic N) is 1. The zero-order valence-corrected chi connectivity index (χ0v) is 7.01. The first-order valence-corrected chi connectivity index (χ1v) is 4.13. The second-order valence-electron chi connectivity index (χ2n) is 2.92. The second-order valence-corrected chi connectivity index (χ2v) is 2.92. The fourth-order valence-electron chi connectivity index (χ4n) is 1.35. The Morgan fingerprint density at radius 2 is 2.45 bits per heavy atom. The minimum Gasteiger partial charge on any atom is -0.392 e. The van der Waals surface area contributed by atoms with Gasteiger partial charge in [-0.25, -0.2) is 0 Å². The molecule has 0 spiro atoms. The van der Waals surface area contributed by atoms with E-state index in [1.165, 1.54) is 0 Å². The van der Waals surface area contributed by atoms with Crippen molar-refractivity contribution in [2.24, 2.45) is 0 Å². The number of hydrogen-bond donors (Lipinski definition) is 1. The average molecular weight is 153 g/mol. The Bertz CT molecular complexity index is 168. The molecule has 0 bridgehead atoms. The van der Waals surface area contributed by atoms with Crippen LogP contribution in [0.2, 0.25) is 0 Å². The molecule has 1 aliphatic heterocycles. The summed E-state index contributed by atoms with van der Waals surface area (Å²) in [5, 5.41) is 9.18. The zero-order chi connectivity index (χ0) is 8.10. The van der Waals surface area contributed by atoms with Crippen molar-refractivity contribution in [1.82, 2.24) is 4.90 Å². The third-order valence-electron chi connectivity index (χ3n) is 1.98. The van der Waals surface area contributed by atoms with E-state index in [9.17, 15) is 5.11 Å². The molecule has 1 heterocycles. The van der Waals surface area contributed by atoms with Crippen molar-refractivity contribution in [2.75, 3.05) is 19.6 Å². The van der Waals surface area contributed by atoms with Crippen LogP contribution in [0.3, 0.4) is 0 Å². The molecule has 0 aliphatic carbocycles. The Morgan fingerprint density at radius 1 is 1.64 bits per heavy atom. The quantitative estimate of drug-likeness (QED) is 0.583. The van der Waals surface area contributed by atoms with Crippen molar-refractivity contribution in [3.63, 3.8) is 0 Å². The molecule has 2 heteroatoms. The fraction of sp³-hybridized carbons (Fsp3) is 0.778. The molecule has 1 atom stereocenters. The molecule has 1 rings (SSSR count). The molecule has 0 amide bonds. The standard InChI is InChI=1S/C9H15NO/c1-2-3-4-6-10-7-5-9(11)8-10/h9,11H,4-8H2,1H3. The topological polar surface area (TPSA) is 23.5 Å². The van der Waals surface area contributed by atoms with Crippen molar-refractivity contribution in [3.05, 3.63) is 0 Å². The zero-order valence-electron chi connectivity index (χ0n) is 7.01. The van der Waals surface area contributed by atoms with Gasteiger partial charge in [0.15, 0.2) is 0 Å². The molecular formula is C9H15NO. The lowest BCUT2D eigenvalue weighted by Gasteiger charge is -2.11. The molecule has 1 saturated heterocycles. The van der Waals surface area contributed by atoms with Crippen LogP contribution in [0.15, 0.2) is 0 Å². The van der Waals surface area contributed by atoms with Crippen LogP contribution in [0.4, 0.5) is 0 Å². The summed E-state index contributed by atoms with van der Waals surface area (Å²) in [5.74, 6) is 5.88. The van der Waals surface area contributed by atoms with Gasteiger partial charge in [0.25, 0.3) is 0 Å². The van der Waals surface area contributed by atoms with Crippen LogP contribution in [0.25, 0.3) is 0 Å². The van der Waals surface area contributed by atoms with E-state index in [2.05, 4.69) is 16.7 Å². The van der Waals surface area contributed by atoms with E-state index in [1.807, 2.05) is 6.92 Å². The van der Waals surface area contributed by atoms with E-state index >= 15 is 0 Å². The van der Waals surface area contributed by atoms with Crippen LogP contribution >= 0.6 is 0 Å². The van der Waals surface area contributed by atoms with Gasteiger partial charge in [-0.2, -0.15) is 0 Å². The van der Waals surface area contributed by atoms with Gasteiger partial charge in [0.1, 0.15) is 0 Å². The van der Waals surface area contributed by atoms with Crippen molar-refractivity contribution >= 4 is 0 Å². The maximum atomic E-state index is 9.18. The van der Waals surface area contributed by atoms with E-state index in [0.717, 1.165) is 32.5 Å². The number of rotatable bonds is 2. The maximum absolute atomic E-state index is 9.18. The molecule has 2 nitrogen and oxygen atoms in total. The molecule has 0 aromatic rings. The number of aliphatic hydroxyl groups is 1. The minimum absolute atomic E-state index is 0.0930. The third-order valence-corrected chi connectivity index (χ3v) is 1.98. The fourth-order valence-corrected chi connectivity index (χ4v) is 1.35. The SMILES string of the molecule is CC#CCCN1CCC(O)C1. The summed E-state index contributed by atoms with van der Waals surface area (Å²) >= 11 is 0. The van der Waals surface area contributed by atoms with E-state index in [1.54, 1.807) is 0 Å². The van der Waals surface area contributed by atoms with Crippen molar-refractivity contribution in [2.45, 2.75) is 25.9 Å². The van der Waals surface area contributed by atoms with Gasteiger partial charge in [0.2, 0.25) is 0 Å². The highest BCUT2D eigenvalue weighted by Crippen LogP contribution is 2.07. The van der Waals surface area contributed by atoms with Gasteiger partial charge in [0, 0.05) is 26.1 Å². The second kappa shape index (κ2) is 4.38. The minimum atomic E-state index is -0.0930. The molecule has 62 valence electrons. The third kappa shape index (κ3) is 2.92. The van der Waals surface area contributed by atoms with E-state index < -0.39 is 0 Å². The molecule has 1 N–H and O–H groups in total. The first-order chi connectivity index (χ1) is 5.33. The summed E-state index contributed by atoms with van der Waals surface area (Å²) in [6.07, 6.45) is 1.77. The van der Waals surface area contributed by atoms with E-state index in [0.29, 0.717) is 0 Å². The van der Waals surface area contributed by atoms with Gasteiger partial charge in [-0.3, -0.25) is 4.90 Å². The Labute approximate surface area is 68.2 Å². The normalized spacial score (nSPS) is 24.7. The summed E-state index contributed by atoms with van der Waals surface area (Å²) in [4.78, 5) is 2.26. The Morgan fingerprint density at radius 3 is 3.00 bits per heavy atom. The first kappa shape index (κ1) is 8.58. The van der Waals surface area contributed by atoms with Gasteiger partial charge in [0.05, 0.1) is 6.10 Å². The molecule has 0 aromatic carbocycles. The summed E-state index contributed by atoms with van der Waals surface area (Å²) in [6, 6.07) is 0. The molecule has 1 fully saturated rings. The van der Waals surface area contributed by atoms with Crippen molar-refractivity contribution in [1.29, 1.82) is 0 Å². The molecule has 0 radical (unpaired) electrons. The summed E-state index contributed by atoms with van der Waals surface area (Å²) in [7, 11) is 0. The predicted octanol–water partition coefficient (Wildman–Crippen LogP) is 0.466. The van der Waals surface area contributed by atoms with Gasteiger partial charge in [-0.1, -0.05) is 0 Å². The smallest absolute Gasteiger partial charge is 0.0679 e. The Kier molecular flexibility index (Phi) is 3.41. The van der Waals surface area contributed by atoms with Gasteiger partial charge in [-0.05, 0) is 13.3 Å². The van der Waals surface area contributed by atoms with E-state index in [4.69, 9.17) is 0 Å². The highest BCUT2D eigenvalue weighted by Gasteiger charge is 2.18. The Hall–Kier alpha value is -0.520. The Balaban J connectivity index is 2.11. The lowest BCUT2D eigenvalue weighted by atomic mass is 10.3. The van der Waals surface area contributed by atoms with Crippen molar-refractivity contribution in [3.8, 4) is 11.8 Å². The van der Waals surface area contributed by atoms with Crippen LogP contribution in [-0.2, 0) is 0 Å². The van der Waals surface area contributed by atoms with Crippen LogP contribution in [0.5, 0.6) is 0 Å². The number of likely N-dealkylation sites (tertiary alicyclic amines) is 1. The highest BCUT2D eigenvalue weighted by molar-refractivity contribution is 4.95. The predicted molar refractivity (Wildman–Crippen MR) is 45.1 cm³/mol. The van der Waals surface area contributed by atoms with E-state index in [-0.39, 0.29) is 6.10 Å². The molecule has 1 unspecified atom stereocenters. The van der Waals surface area contributed by atoms with Crippen LogP contribution in [0.1, 0.15) is 19.8 Å². The van der Waals surface area contributed by atoms with Crippen LogP contribution in [-0.4, -0.2) is 35.7 Å².